The van der Waals surface area contributed by atoms with Gasteiger partial charge in [-0.2, -0.15) is 0 Å². The van der Waals surface area contributed by atoms with E-state index in [1.165, 1.54) is 43.5 Å². The van der Waals surface area contributed by atoms with Crippen molar-refractivity contribution >= 4 is 0 Å². The number of fused-ring (bicyclic) bond motifs is 2. The van der Waals surface area contributed by atoms with Gasteiger partial charge in [0, 0.05) is 23.7 Å². The number of likely N-dealkylation sites (N-methyl/N-ethyl adjacent to an activating group) is 1. The van der Waals surface area contributed by atoms with Crippen LogP contribution < -0.4 is 4.74 Å². The summed E-state index contributed by atoms with van der Waals surface area (Å²) < 4.78 is 6.23. The molecule has 1 saturated heterocycles. The van der Waals surface area contributed by atoms with Gasteiger partial charge in [0.1, 0.15) is 11.5 Å². The highest BCUT2D eigenvalue weighted by molar-refractivity contribution is 5.53. The Morgan fingerprint density at radius 3 is 2.27 bits per heavy atom. The van der Waals surface area contributed by atoms with Gasteiger partial charge in [-0.25, -0.2) is 0 Å². The van der Waals surface area contributed by atoms with E-state index in [-0.39, 0.29) is 6.04 Å². The topological polar surface area (TPSA) is 15.7 Å². The molecule has 138 valence electrons. The maximum atomic E-state index is 6.23. The summed E-state index contributed by atoms with van der Waals surface area (Å²) in [6.07, 6.45) is 3.76. The number of hydrogen-bond donors (Lipinski definition) is 0. The summed E-state index contributed by atoms with van der Waals surface area (Å²) in [7, 11) is 0. The molecule has 0 aromatic heterocycles. The highest BCUT2D eigenvalue weighted by Gasteiger charge is 2.36. The van der Waals surface area contributed by atoms with Crippen LogP contribution in [0.25, 0.3) is 0 Å². The SMILES string of the molecule is CCCN(C1CCCN(CC)C1)C1c2ccccc2Oc2ccccc21. The molecule has 0 spiro atoms. The van der Waals surface area contributed by atoms with Crippen LogP contribution in [0.4, 0.5) is 0 Å². The van der Waals surface area contributed by atoms with E-state index in [0.29, 0.717) is 6.04 Å². The number of likely N-dealkylation sites (tertiary alicyclic amines) is 1. The predicted octanol–water partition coefficient (Wildman–Crippen LogP) is 5.08. The third-order valence-corrected chi connectivity index (χ3v) is 5.86. The number of nitrogens with zero attached hydrogens (tertiary/aromatic N) is 2. The summed E-state index contributed by atoms with van der Waals surface area (Å²) in [5.74, 6) is 2.03. The van der Waals surface area contributed by atoms with Crippen molar-refractivity contribution in [2.75, 3.05) is 26.2 Å². The molecule has 3 heteroatoms. The molecule has 0 N–H and O–H groups in total. The molecule has 0 bridgehead atoms. The van der Waals surface area contributed by atoms with Gasteiger partial charge in [0.25, 0.3) is 0 Å². The van der Waals surface area contributed by atoms with Crippen LogP contribution in [0.2, 0.25) is 0 Å². The first-order chi connectivity index (χ1) is 12.8. The van der Waals surface area contributed by atoms with Crippen LogP contribution >= 0.6 is 0 Å². The molecule has 0 radical (unpaired) electrons. The van der Waals surface area contributed by atoms with Gasteiger partial charge in [0.2, 0.25) is 0 Å². The van der Waals surface area contributed by atoms with Gasteiger partial charge in [0.05, 0.1) is 6.04 Å². The smallest absolute Gasteiger partial charge is 0.132 e. The van der Waals surface area contributed by atoms with Crippen LogP contribution in [0.15, 0.2) is 48.5 Å². The third-order valence-electron chi connectivity index (χ3n) is 5.86. The van der Waals surface area contributed by atoms with Crippen molar-refractivity contribution in [2.24, 2.45) is 0 Å². The lowest BCUT2D eigenvalue weighted by atomic mass is 9.90. The number of rotatable bonds is 5. The summed E-state index contributed by atoms with van der Waals surface area (Å²) >= 11 is 0. The molecule has 2 aliphatic rings. The molecular weight excluding hydrogens is 320 g/mol. The van der Waals surface area contributed by atoms with E-state index < -0.39 is 0 Å². The fourth-order valence-electron chi connectivity index (χ4n) is 4.61. The zero-order valence-electron chi connectivity index (χ0n) is 16.0. The number of hydrogen-bond acceptors (Lipinski definition) is 3. The van der Waals surface area contributed by atoms with E-state index in [0.717, 1.165) is 24.6 Å². The van der Waals surface area contributed by atoms with E-state index in [4.69, 9.17) is 4.74 Å². The Bertz CT molecular complexity index is 699. The highest BCUT2D eigenvalue weighted by atomic mass is 16.5. The van der Waals surface area contributed by atoms with E-state index in [9.17, 15) is 0 Å². The number of ether oxygens (including phenoxy) is 1. The molecule has 1 unspecified atom stereocenters. The molecule has 2 heterocycles. The van der Waals surface area contributed by atoms with E-state index in [1.807, 2.05) is 0 Å². The van der Waals surface area contributed by atoms with Crippen molar-refractivity contribution < 1.29 is 4.74 Å². The van der Waals surface area contributed by atoms with Gasteiger partial charge >= 0.3 is 0 Å². The van der Waals surface area contributed by atoms with Crippen LogP contribution in [0, 0.1) is 0 Å². The van der Waals surface area contributed by atoms with Gasteiger partial charge in [0.15, 0.2) is 0 Å². The molecule has 2 aromatic rings. The zero-order chi connectivity index (χ0) is 17.9. The van der Waals surface area contributed by atoms with Crippen LogP contribution in [-0.2, 0) is 0 Å². The lowest BCUT2D eigenvalue weighted by Gasteiger charge is -2.45. The van der Waals surface area contributed by atoms with Crippen molar-refractivity contribution in [3.63, 3.8) is 0 Å². The second-order valence-electron chi connectivity index (χ2n) is 7.51. The van der Waals surface area contributed by atoms with Gasteiger partial charge in [-0.05, 0) is 51.0 Å². The first kappa shape index (κ1) is 17.6. The fraction of sp³-hybridized carbons (Fsp3) is 0.478. The maximum absolute atomic E-state index is 6.23. The fourth-order valence-corrected chi connectivity index (χ4v) is 4.61. The standard InChI is InChI=1S/C23H30N2O/c1-3-15-25(18-10-9-16-24(4-2)17-18)23-19-11-5-7-13-21(19)26-22-14-8-6-12-20(22)23/h5-8,11-14,18,23H,3-4,9-10,15-17H2,1-2H3. The van der Waals surface area contributed by atoms with Gasteiger partial charge in [-0.3, -0.25) is 4.90 Å². The Hall–Kier alpha value is -1.84. The summed E-state index contributed by atoms with van der Waals surface area (Å²) in [6, 6.07) is 18.1. The van der Waals surface area contributed by atoms with Crippen LogP contribution in [0.3, 0.4) is 0 Å². The lowest BCUT2D eigenvalue weighted by Crippen LogP contribution is -2.49. The Morgan fingerprint density at radius 2 is 1.65 bits per heavy atom. The second kappa shape index (κ2) is 7.81. The minimum atomic E-state index is 0.290. The minimum absolute atomic E-state index is 0.290. The largest absolute Gasteiger partial charge is 0.457 e. The first-order valence-electron chi connectivity index (χ1n) is 10.2. The van der Waals surface area contributed by atoms with Gasteiger partial charge < -0.3 is 9.64 Å². The Kier molecular flexibility index (Phi) is 5.28. The van der Waals surface area contributed by atoms with Crippen molar-refractivity contribution in [1.29, 1.82) is 0 Å². The Labute approximate surface area is 157 Å². The van der Waals surface area contributed by atoms with Crippen LogP contribution in [-0.4, -0.2) is 42.0 Å². The molecule has 2 aromatic carbocycles. The molecular formula is C23H30N2O. The Morgan fingerprint density at radius 1 is 1.00 bits per heavy atom. The minimum Gasteiger partial charge on any atom is -0.457 e. The monoisotopic (exact) mass is 350 g/mol. The lowest BCUT2D eigenvalue weighted by molar-refractivity contribution is 0.0748. The summed E-state index contributed by atoms with van der Waals surface area (Å²) in [4.78, 5) is 5.36. The second-order valence-corrected chi connectivity index (χ2v) is 7.51. The molecule has 0 amide bonds. The Balaban J connectivity index is 1.75. The average molecular weight is 351 g/mol. The molecule has 0 saturated carbocycles. The average Bonchev–Trinajstić information content (AvgIpc) is 2.70. The molecule has 2 aliphatic heterocycles. The summed E-state index contributed by atoms with van der Waals surface area (Å²) in [5.41, 5.74) is 2.63. The molecule has 4 rings (SSSR count). The molecule has 3 nitrogen and oxygen atoms in total. The van der Waals surface area contributed by atoms with Crippen molar-refractivity contribution in [1.82, 2.24) is 9.80 Å². The van der Waals surface area contributed by atoms with E-state index >= 15 is 0 Å². The molecule has 1 fully saturated rings. The number of piperidine rings is 1. The zero-order valence-corrected chi connectivity index (χ0v) is 16.0. The van der Waals surface area contributed by atoms with Crippen molar-refractivity contribution in [3.05, 3.63) is 59.7 Å². The van der Waals surface area contributed by atoms with E-state index in [1.54, 1.807) is 0 Å². The van der Waals surface area contributed by atoms with E-state index in [2.05, 4.69) is 72.2 Å². The van der Waals surface area contributed by atoms with Crippen molar-refractivity contribution in [3.8, 4) is 11.5 Å². The molecule has 0 aliphatic carbocycles. The van der Waals surface area contributed by atoms with Crippen molar-refractivity contribution in [2.45, 2.75) is 45.2 Å². The molecule has 1 atom stereocenters. The first-order valence-corrected chi connectivity index (χ1v) is 10.2. The highest BCUT2D eigenvalue weighted by Crippen LogP contribution is 2.46. The summed E-state index contributed by atoms with van der Waals surface area (Å²) in [5, 5.41) is 0. The van der Waals surface area contributed by atoms with Crippen LogP contribution in [0.5, 0.6) is 11.5 Å². The van der Waals surface area contributed by atoms with Crippen LogP contribution in [0.1, 0.15) is 50.3 Å². The number of para-hydroxylation sites is 2. The van der Waals surface area contributed by atoms with Gasteiger partial charge in [-0.15, -0.1) is 0 Å². The number of benzene rings is 2. The summed E-state index contributed by atoms with van der Waals surface area (Å²) in [6.45, 7) is 9.27. The molecule has 26 heavy (non-hydrogen) atoms. The quantitative estimate of drug-likeness (QED) is 0.748. The maximum Gasteiger partial charge on any atom is 0.132 e. The van der Waals surface area contributed by atoms with Gasteiger partial charge in [-0.1, -0.05) is 50.2 Å². The normalized spacial score (nSPS) is 20.5. The predicted molar refractivity (Wildman–Crippen MR) is 107 cm³/mol. The third kappa shape index (κ3) is 3.26.